The second kappa shape index (κ2) is 3.39. The molecule has 1 aliphatic rings. The minimum absolute atomic E-state index is 0.0198. The molecule has 0 aliphatic heterocycles. The minimum Gasteiger partial charge on any atom is -0.197 e. The predicted molar refractivity (Wildman–Crippen MR) is 53.0 cm³/mol. The molecule has 0 saturated heterocycles. The largest absolute Gasteiger partial charge is 0.416 e. The summed E-state index contributed by atoms with van der Waals surface area (Å²) in [4.78, 5) is 0. The Morgan fingerprint density at radius 1 is 1.25 bits per heavy atom. The highest BCUT2D eigenvalue weighted by atomic mass is 35.5. The van der Waals surface area contributed by atoms with E-state index in [0.29, 0.717) is 18.4 Å². The van der Waals surface area contributed by atoms with Crippen molar-refractivity contribution >= 4 is 11.6 Å². The van der Waals surface area contributed by atoms with E-state index in [2.05, 4.69) is 0 Å². The third kappa shape index (κ3) is 1.88. The molecule has 0 bridgehead atoms. The summed E-state index contributed by atoms with van der Waals surface area (Å²) >= 11 is 5.64. The third-order valence-corrected chi connectivity index (χ3v) is 2.96. The van der Waals surface area contributed by atoms with Gasteiger partial charge in [-0.1, -0.05) is 11.6 Å². The van der Waals surface area contributed by atoms with E-state index < -0.39 is 17.2 Å². The van der Waals surface area contributed by atoms with Crippen LogP contribution in [0.25, 0.3) is 0 Å². The summed E-state index contributed by atoms with van der Waals surface area (Å²) in [5.74, 6) is 0. The molecule has 0 spiro atoms. The molecular formula is C11H7ClF3N. The molecule has 0 N–H and O–H groups in total. The van der Waals surface area contributed by atoms with Crippen LogP contribution in [0.15, 0.2) is 18.2 Å². The van der Waals surface area contributed by atoms with Gasteiger partial charge in [0.05, 0.1) is 17.0 Å². The molecule has 16 heavy (non-hydrogen) atoms. The van der Waals surface area contributed by atoms with Gasteiger partial charge in [-0.25, -0.2) is 0 Å². The highest BCUT2D eigenvalue weighted by Gasteiger charge is 2.46. The standard InChI is InChI=1S/C11H7ClF3N/c12-9-4-7(10(6-16)1-2-10)3-8(5-9)11(13,14)15/h3-5H,1-2H2. The van der Waals surface area contributed by atoms with Gasteiger partial charge in [0.15, 0.2) is 0 Å². The summed E-state index contributed by atoms with van der Waals surface area (Å²) in [7, 11) is 0. The SMILES string of the molecule is N#CC1(c2cc(Cl)cc(C(F)(F)F)c2)CC1. The number of hydrogen-bond donors (Lipinski definition) is 0. The zero-order valence-corrected chi connectivity index (χ0v) is 8.86. The summed E-state index contributed by atoms with van der Waals surface area (Å²) in [6.07, 6.45) is -3.23. The maximum atomic E-state index is 12.5. The average molecular weight is 246 g/mol. The highest BCUT2D eigenvalue weighted by Crippen LogP contribution is 2.49. The molecule has 0 radical (unpaired) electrons. The number of benzene rings is 1. The quantitative estimate of drug-likeness (QED) is 0.736. The maximum Gasteiger partial charge on any atom is 0.416 e. The van der Waals surface area contributed by atoms with Gasteiger partial charge in [-0.15, -0.1) is 0 Å². The van der Waals surface area contributed by atoms with Crippen molar-refractivity contribution in [3.63, 3.8) is 0 Å². The normalized spacial score (nSPS) is 17.9. The van der Waals surface area contributed by atoms with E-state index in [4.69, 9.17) is 16.9 Å². The highest BCUT2D eigenvalue weighted by molar-refractivity contribution is 6.30. The fourth-order valence-corrected chi connectivity index (χ4v) is 1.85. The second-order valence-corrected chi connectivity index (χ2v) is 4.36. The van der Waals surface area contributed by atoms with Gasteiger partial charge in [-0.2, -0.15) is 18.4 Å². The lowest BCUT2D eigenvalue weighted by Crippen LogP contribution is -2.09. The van der Waals surface area contributed by atoms with Crippen molar-refractivity contribution in [2.45, 2.75) is 24.4 Å². The van der Waals surface area contributed by atoms with Crippen molar-refractivity contribution in [3.05, 3.63) is 34.3 Å². The Labute approximate surface area is 95.4 Å². The van der Waals surface area contributed by atoms with Gasteiger partial charge in [-0.05, 0) is 36.6 Å². The number of halogens is 4. The molecule has 0 atom stereocenters. The fourth-order valence-electron chi connectivity index (χ4n) is 1.62. The Hall–Kier alpha value is -1.21. The first-order chi connectivity index (χ1) is 7.37. The van der Waals surface area contributed by atoms with Gasteiger partial charge in [0.25, 0.3) is 0 Å². The van der Waals surface area contributed by atoms with Gasteiger partial charge in [0, 0.05) is 5.02 Å². The minimum atomic E-state index is -4.43. The zero-order valence-electron chi connectivity index (χ0n) is 8.11. The zero-order chi connectivity index (χ0) is 12.0. The van der Waals surface area contributed by atoms with Gasteiger partial charge in [0.2, 0.25) is 0 Å². The first-order valence-electron chi connectivity index (χ1n) is 4.67. The number of hydrogen-bond acceptors (Lipinski definition) is 1. The number of nitrogens with zero attached hydrogens (tertiary/aromatic N) is 1. The Kier molecular flexibility index (Phi) is 2.39. The number of rotatable bonds is 1. The van der Waals surface area contributed by atoms with Crippen molar-refractivity contribution in [2.75, 3.05) is 0 Å². The Balaban J connectivity index is 2.50. The van der Waals surface area contributed by atoms with Crippen LogP contribution in [0.2, 0.25) is 5.02 Å². The molecule has 84 valence electrons. The van der Waals surface area contributed by atoms with Gasteiger partial charge >= 0.3 is 6.18 Å². The molecule has 1 saturated carbocycles. The van der Waals surface area contributed by atoms with Crippen molar-refractivity contribution in [1.29, 1.82) is 5.26 Å². The number of nitriles is 1. The van der Waals surface area contributed by atoms with Gasteiger partial charge in [-0.3, -0.25) is 0 Å². The van der Waals surface area contributed by atoms with Crippen molar-refractivity contribution < 1.29 is 13.2 Å². The van der Waals surface area contributed by atoms with Crippen molar-refractivity contribution in [1.82, 2.24) is 0 Å². The van der Waals surface area contributed by atoms with E-state index in [1.54, 1.807) is 0 Å². The fraction of sp³-hybridized carbons (Fsp3) is 0.364. The Bertz CT molecular complexity index is 469. The van der Waals surface area contributed by atoms with E-state index in [1.165, 1.54) is 6.07 Å². The lowest BCUT2D eigenvalue weighted by atomic mass is 9.96. The molecule has 0 aromatic heterocycles. The average Bonchev–Trinajstić information content (AvgIpc) is 2.96. The molecule has 1 aromatic rings. The van der Waals surface area contributed by atoms with Gasteiger partial charge < -0.3 is 0 Å². The lowest BCUT2D eigenvalue weighted by Gasteiger charge is -2.12. The first-order valence-corrected chi connectivity index (χ1v) is 5.05. The molecule has 2 rings (SSSR count). The third-order valence-electron chi connectivity index (χ3n) is 2.74. The number of alkyl halides is 3. The van der Waals surface area contributed by atoms with Crippen molar-refractivity contribution in [2.24, 2.45) is 0 Å². The predicted octanol–water partition coefficient (Wildman–Crippen LogP) is 3.91. The van der Waals surface area contributed by atoms with E-state index in [1.807, 2.05) is 6.07 Å². The van der Waals surface area contributed by atoms with Crippen LogP contribution in [-0.4, -0.2) is 0 Å². The van der Waals surface area contributed by atoms with Crippen LogP contribution in [0.3, 0.4) is 0 Å². The van der Waals surface area contributed by atoms with Crippen LogP contribution in [-0.2, 0) is 11.6 Å². The monoisotopic (exact) mass is 245 g/mol. The summed E-state index contributed by atoms with van der Waals surface area (Å²) in [5.41, 5.74) is -1.17. The summed E-state index contributed by atoms with van der Waals surface area (Å²) in [6, 6.07) is 5.38. The topological polar surface area (TPSA) is 23.8 Å². The van der Waals surface area contributed by atoms with E-state index in [9.17, 15) is 13.2 Å². The van der Waals surface area contributed by atoms with E-state index in [0.717, 1.165) is 12.1 Å². The second-order valence-electron chi connectivity index (χ2n) is 3.92. The maximum absolute atomic E-state index is 12.5. The Morgan fingerprint density at radius 2 is 1.88 bits per heavy atom. The molecule has 1 aliphatic carbocycles. The van der Waals surface area contributed by atoms with Crippen LogP contribution in [0.1, 0.15) is 24.0 Å². The Morgan fingerprint density at radius 3 is 2.31 bits per heavy atom. The van der Waals surface area contributed by atoms with Gasteiger partial charge in [0.1, 0.15) is 0 Å². The molecule has 5 heteroatoms. The van der Waals surface area contributed by atoms with Crippen LogP contribution in [0.5, 0.6) is 0 Å². The van der Waals surface area contributed by atoms with Crippen LogP contribution < -0.4 is 0 Å². The molecule has 1 fully saturated rings. The van der Waals surface area contributed by atoms with E-state index >= 15 is 0 Å². The first kappa shape index (κ1) is 11.3. The summed E-state index contributed by atoms with van der Waals surface area (Å²) in [6.45, 7) is 0. The molecule has 0 amide bonds. The lowest BCUT2D eigenvalue weighted by molar-refractivity contribution is -0.137. The smallest absolute Gasteiger partial charge is 0.197 e. The molecule has 0 heterocycles. The van der Waals surface area contributed by atoms with Crippen LogP contribution in [0.4, 0.5) is 13.2 Å². The van der Waals surface area contributed by atoms with Crippen molar-refractivity contribution in [3.8, 4) is 6.07 Å². The molecule has 0 unspecified atom stereocenters. The molecular weight excluding hydrogens is 239 g/mol. The summed E-state index contributed by atoms with van der Waals surface area (Å²) < 4.78 is 37.6. The molecule has 1 nitrogen and oxygen atoms in total. The summed E-state index contributed by atoms with van der Waals surface area (Å²) in [5, 5.41) is 8.94. The van der Waals surface area contributed by atoms with E-state index in [-0.39, 0.29) is 5.02 Å². The van der Waals surface area contributed by atoms with Crippen LogP contribution >= 0.6 is 11.6 Å². The molecule has 1 aromatic carbocycles. The van der Waals surface area contributed by atoms with Crippen LogP contribution in [0, 0.1) is 11.3 Å².